The predicted molar refractivity (Wildman–Crippen MR) is 60.2 cm³/mol. The van der Waals surface area contributed by atoms with E-state index in [1.54, 1.807) is 6.92 Å². The van der Waals surface area contributed by atoms with E-state index in [0.29, 0.717) is 12.8 Å². The molecule has 1 amide bonds. The summed E-state index contributed by atoms with van der Waals surface area (Å²) in [5.41, 5.74) is -0.742. The maximum Gasteiger partial charge on any atom is 0.407 e. The van der Waals surface area contributed by atoms with Crippen molar-refractivity contribution in [1.29, 1.82) is 0 Å². The van der Waals surface area contributed by atoms with Gasteiger partial charge in [-0.1, -0.05) is 12.8 Å². The van der Waals surface area contributed by atoms with Crippen molar-refractivity contribution in [2.24, 2.45) is 0 Å². The molecule has 0 spiro atoms. The summed E-state index contributed by atoms with van der Waals surface area (Å²) in [4.78, 5) is 23.2. The quantitative estimate of drug-likeness (QED) is 0.724. The van der Waals surface area contributed by atoms with E-state index in [2.05, 4.69) is 22.7 Å². The second-order valence-electron chi connectivity index (χ2n) is 3.95. The summed E-state index contributed by atoms with van der Waals surface area (Å²) >= 11 is 4.13. The van der Waals surface area contributed by atoms with E-state index in [0.717, 1.165) is 12.8 Å². The monoisotopic (exact) mass is 231 g/mol. The van der Waals surface area contributed by atoms with E-state index in [9.17, 15) is 9.59 Å². The molecule has 5 heteroatoms. The topological polar surface area (TPSA) is 55.4 Å². The van der Waals surface area contributed by atoms with Gasteiger partial charge >= 0.3 is 6.09 Å². The lowest BCUT2D eigenvalue weighted by atomic mass is 9.90. The zero-order chi connectivity index (χ0) is 11.5. The number of hydrogen-bond acceptors (Lipinski definition) is 4. The standard InChI is InChI=1S/C10H17NO3S/c1-7(15)8(12)10(5-3-4-6-10)11-9(13)14-2/h7,15H,3-6H2,1-2H3,(H,11,13). The Morgan fingerprint density at radius 3 is 2.33 bits per heavy atom. The van der Waals surface area contributed by atoms with Gasteiger partial charge in [0.2, 0.25) is 0 Å². The molecule has 0 bridgehead atoms. The van der Waals surface area contributed by atoms with Crippen molar-refractivity contribution in [2.75, 3.05) is 7.11 Å². The second kappa shape index (κ2) is 4.88. The number of hydrogen-bond donors (Lipinski definition) is 2. The molecule has 1 fully saturated rings. The maximum absolute atomic E-state index is 12.0. The minimum absolute atomic E-state index is 0.0197. The van der Waals surface area contributed by atoms with Gasteiger partial charge in [-0.05, 0) is 19.8 Å². The summed E-state index contributed by atoms with van der Waals surface area (Å²) in [6, 6.07) is 0. The number of methoxy groups -OCH3 is 1. The van der Waals surface area contributed by atoms with E-state index in [4.69, 9.17) is 0 Å². The molecule has 0 saturated heterocycles. The van der Waals surface area contributed by atoms with Gasteiger partial charge in [-0.25, -0.2) is 4.79 Å². The number of alkyl carbamates (subject to hydrolysis) is 1. The Balaban J connectivity index is 2.79. The first-order valence-electron chi connectivity index (χ1n) is 5.10. The molecule has 1 atom stereocenters. The van der Waals surface area contributed by atoms with Crippen molar-refractivity contribution in [3.63, 3.8) is 0 Å². The van der Waals surface area contributed by atoms with Gasteiger partial charge in [0.1, 0.15) is 5.54 Å². The molecule has 0 aromatic heterocycles. The summed E-state index contributed by atoms with van der Waals surface area (Å²) < 4.78 is 4.54. The van der Waals surface area contributed by atoms with E-state index < -0.39 is 11.6 Å². The van der Waals surface area contributed by atoms with Crippen LogP contribution in [0.15, 0.2) is 0 Å². The van der Waals surface area contributed by atoms with Gasteiger partial charge in [0.05, 0.1) is 12.4 Å². The van der Waals surface area contributed by atoms with E-state index >= 15 is 0 Å². The van der Waals surface area contributed by atoms with Gasteiger partial charge < -0.3 is 10.1 Å². The van der Waals surface area contributed by atoms with Crippen LogP contribution in [-0.4, -0.2) is 29.8 Å². The lowest BCUT2D eigenvalue weighted by molar-refractivity contribution is -0.124. The van der Waals surface area contributed by atoms with Crippen molar-refractivity contribution in [2.45, 2.75) is 43.4 Å². The van der Waals surface area contributed by atoms with Crippen LogP contribution in [0.25, 0.3) is 0 Å². The van der Waals surface area contributed by atoms with Gasteiger partial charge in [0, 0.05) is 0 Å². The number of thiol groups is 1. The molecule has 0 aromatic carbocycles. The number of Topliss-reactive ketones (excluding diaryl/α,β-unsaturated/α-hetero) is 1. The third-order valence-electron chi connectivity index (χ3n) is 2.83. The first-order valence-corrected chi connectivity index (χ1v) is 5.62. The Kier molecular flexibility index (Phi) is 4.02. The van der Waals surface area contributed by atoms with E-state index in [-0.39, 0.29) is 11.0 Å². The number of rotatable bonds is 3. The smallest absolute Gasteiger partial charge is 0.407 e. The summed E-state index contributed by atoms with van der Waals surface area (Å²) in [6.45, 7) is 1.73. The number of carbonyl (C=O) groups is 2. The fraction of sp³-hybridized carbons (Fsp3) is 0.800. The van der Waals surface area contributed by atoms with Crippen LogP contribution in [-0.2, 0) is 9.53 Å². The third-order valence-corrected chi connectivity index (χ3v) is 3.07. The second-order valence-corrected chi connectivity index (χ2v) is 4.72. The summed E-state index contributed by atoms with van der Waals surface area (Å²) in [6.07, 6.45) is 2.74. The number of carbonyl (C=O) groups excluding carboxylic acids is 2. The number of nitrogens with one attached hydrogen (secondary N) is 1. The van der Waals surface area contributed by atoms with Crippen molar-refractivity contribution in [1.82, 2.24) is 5.32 Å². The highest BCUT2D eigenvalue weighted by molar-refractivity contribution is 7.81. The van der Waals surface area contributed by atoms with Crippen molar-refractivity contribution in [3.8, 4) is 0 Å². The Hall–Kier alpha value is -0.710. The number of amides is 1. The van der Waals surface area contributed by atoms with Crippen LogP contribution in [0, 0.1) is 0 Å². The van der Waals surface area contributed by atoms with Gasteiger partial charge in [0.25, 0.3) is 0 Å². The van der Waals surface area contributed by atoms with Crippen LogP contribution in [0.3, 0.4) is 0 Å². The highest BCUT2D eigenvalue weighted by Gasteiger charge is 2.43. The van der Waals surface area contributed by atoms with Crippen LogP contribution in [0.1, 0.15) is 32.6 Å². The molecule has 86 valence electrons. The van der Waals surface area contributed by atoms with E-state index in [1.807, 2.05) is 0 Å². The zero-order valence-corrected chi connectivity index (χ0v) is 9.97. The Labute approximate surface area is 95.2 Å². The maximum atomic E-state index is 12.0. The predicted octanol–water partition coefficient (Wildman–Crippen LogP) is 1.54. The molecule has 1 aliphatic carbocycles. The number of ketones is 1. The zero-order valence-electron chi connectivity index (χ0n) is 9.08. The van der Waals surface area contributed by atoms with Crippen LogP contribution < -0.4 is 5.32 Å². The highest BCUT2D eigenvalue weighted by atomic mass is 32.1. The van der Waals surface area contributed by atoms with Crippen LogP contribution >= 0.6 is 12.6 Å². The third kappa shape index (κ3) is 2.65. The van der Waals surface area contributed by atoms with Gasteiger partial charge in [-0.2, -0.15) is 12.6 Å². The van der Waals surface area contributed by atoms with Crippen LogP contribution in [0.4, 0.5) is 4.79 Å². The fourth-order valence-corrected chi connectivity index (χ4v) is 2.30. The fourth-order valence-electron chi connectivity index (χ4n) is 2.06. The average molecular weight is 231 g/mol. The first kappa shape index (κ1) is 12.4. The SMILES string of the molecule is COC(=O)NC1(C(=O)C(C)S)CCCC1. The molecule has 0 aromatic rings. The molecule has 4 nitrogen and oxygen atoms in total. The molecule has 1 saturated carbocycles. The highest BCUT2D eigenvalue weighted by Crippen LogP contribution is 2.32. The molecular formula is C10H17NO3S. The van der Waals surface area contributed by atoms with Gasteiger partial charge in [-0.15, -0.1) is 0 Å². The lowest BCUT2D eigenvalue weighted by Gasteiger charge is -2.29. The summed E-state index contributed by atoms with van der Waals surface area (Å²) in [5, 5.41) is 2.30. The molecule has 0 heterocycles. The Morgan fingerprint density at radius 2 is 1.93 bits per heavy atom. The van der Waals surface area contributed by atoms with Crippen molar-refractivity contribution >= 4 is 24.5 Å². The molecule has 0 radical (unpaired) electrons. The molecular weight excluding hydrogens is 214 g/mol. The Morgan fingerprint density at radius 1 is 1.40 bits per heavy atom. The largest absolute Gasteiger partial charge is 0.453 e. The normalized spacial score (nSPS) is 20.7. The molecule has 15 heavy (non-hydrogen) atoms. The van der Waals surface area contributed by atoms with Gasteiger partial charge in [0.15, 0.2) is 5.78 Å². The van der Waals surface area contributed by atoms with Crippen molar-refractivity contribution in [3.05, 3.63) is 0 Å². The van der Waals surface area contributed by atoms with Crippen LogP contribution in [0.2, 0.25) is 0 Å². The lowest BCUT2D eigenvalue weighted by Crippen LogP contribution is -2.54. The summed E-state index contributed by atoms with van der Waals surface area (Å²) in [7, 11) is 1.30. The van der Waals surface area contributed by atoms with Gasteiger partial charge in [-0.3, -0.25) is 4.79 Å². The molecule has 0 aliphatic heterocycles. The number of ether oxygens (including phenoxy) is 1. The van der Waals surface area contributed by atoms with Crippen LogP contribution in [0.5, 0.6) is 0 Å². The van der Waals surface area contributed by atoms with Crippen molar-refractivity contribution < 1.29 is 14.3 Å². The minimum Gasteiger partial charge on any atom is -0.453 e. The molecule has 1 N–H and O–H groups in total. The Bertz CT molecular complexity index is 259. The minimum atomic E-state index is -0.742. The average Bonchev–Trinajstić information content (AvgIpc) is 2.66. The van der Waals surface area contributed by atoms with E-state index in [1.165, 1.54) is 7.11 Å². The molecule has 1 aliphatic rings. The molecule has 1 rings (SSSR count). The first-order chi connectivity index (χ1) is 7.02. The molecule has 1 unspecified atom stereocenters. The summed E-state index contributed by atoms with van der Waals surface area (Å²) in [5.74, 6) is -0.0197.